The molecule has 0 aromatic carbocycles. The van der Waals surface area contributed by atoms with Crippen LogP contribution in [0.25, 0.3) is 0 Å². The van der Waals surface area contributed by atoms with Crippen molar-refractivity contribution >= 4 is 17.3 Å². The van der Waals surface area contributed by atoms with Crippen molar-refractivity contribution in [2.24, 2.45) is 0 Å². The van der Waals surface area contributed by atoms with E-state index in [2.05, 4.69) is 15.3 Å². The first kappa shape index (κ1) is 15.6. The van der Waals surface area contributed by atoms with E-state index in [0.29, 0.717) is 13.1 Å². The highest BCUT2D eigenvalue weighted by Crippen LogP contribution is 2.32. The standard InChI is InChI=1S/C12H18N6O2/c1-4-14-11-10(18(19)20)12(16-8-15-11)17(9(2)3)7-5-6-13/h8-9H,4-5,7H2,1-3H3,(H,14,15,16). The van der Waals surface area contributed by atoms with Crippen molar-refractivity contribution in [2.75, 3.05) is 23.3 Å². The zero-order chi connectivity index (χ0) is 15.1. The normalized spacial score (nSPS) is 10.2. The molecule has 0 unspecified atom stereocenters. The average molecular weight is 278 g/mol. The van der Waals surface area contributed by atoms with Crippen LogP contribution in [0.1, 0.15) is 27.2 Å². The lowest BCUT2D eigenvalue weighted by Gasteiger charge is -2.26. The Labute approximate surface area is 117 Å². The number of nitrogens with one attached hydrogen (secondary N) is 1. The van der Waals surface area contributed by atoms with Crippen LogP contribution in [0.4, 0.5) is 17.3 Å². The third-order valence-corrected chi connectivity index (χ3v) is 2.69. The maximum atomic E-state index is 11.3. The van der Waals surface area contributed by atoms with Gasteiger partial charge in [-0.3, -0.25) is 10.1 Å². The minimum Gasteiger partial charge on any atom is -0.364 e. The molecule has 0 spiro atoms. The molecule has 0 fully saturated rings. The molecule has 0 atom stereocenters. The first-order chi connectivity index (χ1) is 9.52. The number of nitriles is 1. The first-order valence-electron chi connectivity index (χ1n) is 6.39. The number of rotatable bonds is 7. The van der Waals surface area contributed by atoms with Gasteiger partial charge < -0.3 is 10.2 Å². The maximum Gasteiger partial charge on any atom is 0.353 e. The number of hydrogen-bond acceptors (Lipinski definition) is 7. The minimum atomic E-state index is -0.491. The highest BCUT2D eigenvalue weighted by molar-refractivity contribution is 5.70. The molecule has 0 aliphatic heterocycles. The van der Waals surface area contributed by atoms with Gasteiger partial charge in [-0.1, -0.05) is 0 Å². The van der Waals surface area contributed by atoms with E-state index in [9.17, 15) is 10.1 Å². The topological polar surface area (TPSA) is 108 Å². The van der Waals surface area contributed by atoms with Gasteiger partial charge in [0.1, 0.15) is 6.33 Å². The van der Waals surface area contributed by atoms with E-state index in [0.717, 1.165) is 0 Å². The Balaban J connectivity index is 3.29. The molecule has 1 heterocycles. The molecule has 0 amide bonds. The van der Waals surface area contributed by atoms with Crippen molar-refractivity contribution in [1.82, 2.24) is 9.97 Å². The molecule has 1 aromatic heterocycles. The molecule has 108 valence electrons. The second kappa shape index (κ2) is 7.23. The Bertz CT molecular complexity index is 511. The van der Waals surface area contributed by atoms with Crippen molar-refractivity contribution in [3.8, 4) is 6.07 Å². The van der Waals surface area contributed by atoms with Gasteiger partial charge in [-0.05, 0) is 20.8 Å². The SMILES string of the molecule is CCNc1ncnc(N(CCC#N)C(C)C)c1[N+](=O)[O-]. The fourth-order valence-corrected chi connectivity index (χ4v) is 1.82. The van der Waals surface area contributed by atoms with E-state index < -0.39 is 4.92 Å². The van der Waals surface area contributed by atoms with E-state index in [1.165, 1.54) is 6.33 Å². The molecule has 0 radical (unpaired) electrons. The summed E-state index contributed by atoms with van der Waals surface area (Å²) >= 11 is 0. The molecule has 1 aromatic rings. The van der Waals surface area contributed by atoms with Crippen molar-refractivity contribution in [3.05, 3.63) is 16.4 Å². The molecule has 0 saturated heterocycles. The summed E-state index contributed by atoms with van der Waals surface area (Å²) in [4.78, 5) is 20.5. The smallest absolute Gasteiger partial charge is 0.353 e. The number of hydrogen-bond donors (Lipinski definition) is 1. The molecule has 0 bridgehead atoms. The van der Waals surface area contributed by atoms with Crippen LogP contribution in [0.15, 0.2) is 6.33 Å². The average Bonchev–Trinajstić information content (AvgIpc) is 2.39. The number of anilines is 2. The van der Waals surface area contributed by atoms with Crippen LogP contribution >= 0.6 is 0 Å². The van der Waals surface area contributed by atoms with Gasteiger partial charge in [-0.2, -0.15) is 5.26 Å². The fourth-order valence-electron chi connectivity index (χ4n) is 1.82. The van der Waals surface area contributed by atoms with Crippen LogP contribution in [0, 0.1) is 21.4 Å². The monoisotopic (exact) mass is 278 g/mol. The number of nitro groups is 1. The van der Waals surface area contributed by atoms with Gasteiger partial charge >= 0.3 is 5.69 Å². The van der Waals surface area contributed by atoms with Gasteiger partial charge in [-0.15, -0.1) is 0 Å². The van der Waals surface area contributed by atoms with Crippen molar-refractivity contribution in [3.63, 3.8) is 0 Å². The predicted molar refractivity (Wildman–Crippen MR) is 75.6 cm³/mol. The van der Waals surface area contributed by atoms with Crippen LogP contribution in [0.3, 0.4) is 0 Å². The molecule has 8 heteroatoms. The van der Waals surface area contributed by atoms with Gasteiger partial charge in [-0.25, -0.2) is 9.97 Å². The zero-order valence-electron chi connectivity index (χ0n) is 11.8. The molecule has 1 N–H and O–H groups in total. The van der Waals surface area contributed by atoms with Gasteiger partial charge in [0, 0.05) is 19.1 Å². The highest BCUT2D eigenvalue weighted by Gasteiger charge is 2.27. The Morgan fingerprint density at radius 2 is 2.25 bits per heavy atom. The first-order valence-corrected chi connectivity index (χ1v) is 6.39. The lowest BCUT2D eigenvalue weighted by Crippen LogP contribution is -2.33. The molecule has 1 rings (SSSR count). The zero-order valence-corrected chi connectivity index (χ0v) is 11.8. The molecular formula is C12H18N6O2. The van der Waals surface area contributed by atoms with E-state index in [-0.39, 0.29) is 29.8 Å². The third kappa shape index (κ3) is 3.54. The van der Waals surface area contributed by atoms with Crippen LogP contribution in [0.2, 0.25) is 0 Å². The molecule has 0 aliphatic carbocycles. The Kier molecular flexibility index (Phi) is 5.65. The Morgan fingerprint density at radius 3 is 2.75 bits per heavy atom. The quantitative estimate of drug-likeness (QED) is 0.599. The van der Waals surface area contributed by atoms with Crippen LogP contribution in [-0.2, 0) is 0 Å². The summed E-state index contributed by atoms with van der Waals surface area (Å²) in [6.45, 7) is 6.54. The molecule has 8 nitrogen and oxygen atoms in total. The summed E-state index contributed by atoms with van der Waals surface area (Å²) in [5.74, 6) is 0.441. The van der Waals surface area contributed by atoms with Crippen molar-refractivity contribution in [1.29, 1.82) is 5.26 Å². The summed E-state index contributed by atoms with van der Waals surface area (Å²) in [7, 11) is 0. The fraction of sp³-hybridized carbons (Fsp3) is 0.583. The van der Waals surface area contributed by atoms with Crippen LogP contribution < -0.4 is 10.2 Å². The van der Waals surface area contributed by atoms with E-state index in [1.807, 2.05) is 26.8 Å². The Morgan fingerprint density at radius 1 is 1.55 bits per heavy atom. The summed E-state index contributed by atoms with van der Waals surface area (Å²) in [5, 5.41) is 22.9. The highest BCUT2D eigenvalue weighted by atomic mass is 16.6. The summed E-state index contributed by atoms with van der Waals surface area (Å²) in [6, 6.07) is 2.03. The third-order valence-electron chi connectivity index (χ3n) is 2.69. The summed E-state index contributed by atoms with van der Waals surface area (Å²) in [6.07, 6.45) is 1.57. The van der Waals surface area contributed by atoms with Gasteiger partial charge in [0.2, 0.25) is 11.6 Å². The van der Waals surface area contributed by atoms with Gasteiger partial charge in [0.15, 0.2) is 0 Å². The lowest BCUT2D eigenvalue weighted by atomic mass is 10.2. The minimum absolute atomic E-state index is 0.00794. The second-order valence-corrected chi connectivity index (χ2v) is 4.38. The molecule has 0 aliphatic rings. The predicted octanol–water partition coefficient (Wildman–Crippen LogP) is 1.95. The molecule has 0 saturated carbocycles. The van der Waals surface area contributed by atoms with Gasteiger partial charge in [0.25, 0.3) is 0 Å². The summed E-state index contributed by atoms with van der Waals surface area (Å²) < 4.78 is 0. The van der Waals surface area contributed by atoms with E-state index >= 15 is 0 Å². The van der Waals surface area contributed by atoms with Gasteiger partial charge in [0.05, 0.1) is 17.4 Å². The molecular weight excluding hydrogens is 260 g/mol. The van der Waals surface area contributed by atoms with Crippen molar-refractivity contribution in [2.45, 2.75) is 33.2 Å². The number of aromatic nitrogens is 2. The molecule has 20 heavy (non-hydrogen) atoms. The van der Waals surface area contributed by atoms with E-state index in [4.69, 9.17) is 5.26 Å². The van der Waals surface area contributed by atoms with E-state index in [1.54, 1.807) is 4.90 Å². The lowest BCUT2D eigenvalue weighted by molar-refractivity contribution is -0.383. The second-order valence-electron chi connectivity index (χ2n) is 4.38. The number of nitrogens with zero attached hydrogens (tertiary/aromatic N) is 5. The largest absolute Gasteiger partial charge is 0.364 e. The summed E-state index contributed by atoms with van der Waals surface area (Å²) in [5.41, 5.74) is -0.152. The maximum absolute atomic E-state index is 11.3. The Hall–Kier alpha value is -2.43. The van der Waals surface area contributed by atoms with Crippen LogP contribution in [-0.4, -0.2) is 34.0 Å². The van der Waals surface area contributed by atoms with Crippen LogP contribution in [0.5, 0.6) is 0 Å². The van der Waals surface area contributed by atoms with Crippen molar-refractivity contribution < 1.29 is 4.92 Å².